The summed E-state index contributed by atoms with van der Waals surface area (Å²) in [5, 5.41) is 9.54. The maximum absolute atomic E-state index is 12.6. The number of amides is 1. The lowest BCUT2D eigenvalue weighted by molar-refractivity contribution is -0.143. The number of carboxylic acids is 1. The van der Waals surface area contributed by atoms with E-state index < -0.39 is 11.9 Å². The number of benzene rings is 1. The first-order chi connectivity index (χ1) is 9.40. The number of likely N-dealkylation sites (tertiary alicyclic amines) is 1. The van der Waals surface area contributed by atoms with Gasteiger partial charge in [0.25, 0.3) is 5.91 Å². The summed E-state index contributed by atoms with van der Waals surface area (Å²) < 4.78 is 0. The third kappa shape index (κ3) is 2.96. The van der Waals surface area contributed by atoms with Crippen LogP contribution in [0.15, 0.2) is 18.2 Å². The van der Waals surface area contributed by atoms with Gasteiger partial charge < -0.3 is 10.0 Å². The normalized spacial score (nSPS) is 22.6. The van der Waals surface area contributed by atoms with Crippen LogP contribution in [-0.4, -0.2) is 34.5 Å². The summed E-state index contributed by atoms with van der Waals surface area (Å²) in [5.74, 6) is -1.52. The van der Waals surface area contributed by atoms with Crippen molar-refractivity contribution >= 4 is 23.5 Å². The molecule has 1 aliphatic heterocycles. The molecule has 4 nitrogen and oxygen atoms in total. The summed E-state index contributed by atoms with van der Waals surface area (Å²) in [4.78, 5) is 25.3. The van der Waals surface area contributed by atoms with Crippen molar-refractivity contribution in [2.45, 2.75) is 32.7 Å². The van der Waals surface area contributed by atoms with Gasteiger partial charge in [0.05, 0.1) is 16.5 Å². The van der Waals surface area contributed by atoms with E-state index in [1.165, 1.54) is 0 Å². The van der Waals surface area contributed by atoms with E-state index in [9.17, 15) is 9.59 Å². The van der Waals surface area contributed by atoms with Crippen LogP contribution in [0.25, 0.3) is 0 Å². The van der Waals surface area contributed by atoms with Crippen molar-refractivity contribution < 1.29 is 14.7 Å². The zero-order valence-electron chi connectivity index (χ0n) is 11.6. The molecule has 1 heterocycles. The first kappa shape index (κ1) is 14.9. The second kappa shape index (κ2) is 5.83. The van der Waals surface area contributed by atoms with E-state index in [1.54, 1.807) is 17.0 Å². The number of hydrogen-bond acceptors (Lipinski definition) is 2. The first-order valence-corrected chi connectivity index (χ1v) is 7.08. The van der Waals surface area contributed by atoms with E-state index in [-0.39, 0.29) is 18.5 Å². The van der Waals surface area contributed by atoms with Crippen LogP contribution in [0, 0.1) is 12.8 Å². The smallest absolute Gasteiger partial charge is 0.308 e. The van der Waals surface area contributed by atoms with Gasteiger partial charge in [-0.1, -0.05) is 17.7 Å². The van der Waals surface area contributed by atoms with Crippen molar-refractivity contribution in [1.82, 2.24) is 4.90 Å². The maximum atomic E-state index is 12.6. The molecule has 0 radical (unpaired) electrons. The molecule has 1 aromatic rings. The number of carbonyl (C=O) groups excluding carboxylic acids is 1. The fourth-order valence-electron chi connectivity index (χ4n) is 2.54. The molecule has 5 heteroatoms. The Morgan fingerprint density at radius 2 is 2.05 bits per heavy atom. The van der Waals surface area contributed by atoms with Crippen LogP contribution in [-0.2, 0) is 4.79 Å². The van der Waals surface area contributed by atoms with Crippen LogP contribution in [0.5, 0.6) is 0 Å². The van der Waals surface area contributed by atoms with E-state index >= 15 is 0 Å². The van der Waals surface area contributed by atoms with Crippen LogP contribution < -0.4 is 0 Å². The van der Waals surface area contributed by atoms with Crippen LogP contribution in [0.3, 0.4) is 0 Å². The van der Waals surface area contributed by atoms with Gasteiger partial charge in [0, 0.05) is 12.6 Å². The molecule has 1 N–H and O–H groups in total. The van der Waals surface area contributed by atoms with Gasteiger partial charge in [-0.15, -0.1) is 0 Å². The third-order valence-electron chi connectivity index (χ3n) is 3.85. The molecule has 2 unspecified atom stereocenters. The molecule has 0 bridgehead atoms. The summed E-state index contributed by atoms with van der Waals surface area (Å²) in [6.45, 7) is 4.10. The molecule has 20 heavy (non-hydrogen) atoms. The Balaban J connectivity index is 2.24. The molecule has 1 aromatic carbocycles. The van der Waals surface area contributed by atoms with Crippen molar-refractivity contribution in [2.75, 3.05) is 6.54 Å². The van der Waals surface area contributed by atoms with Crippen molar-refractivity contribution in [3.05, 3.63) is 34.3 Å². The highest BCUT2D eigenvalue weighted by molar-refractivity contribution is 6.33. The molecule has 1 saturated heterocycles. The molecule has 0 saturated carbocycles. The van der Waals surface area contributed by atoms with Gasteiger partial charge in [-0.2, -0.15) is 0 Å². The topological polar surface area (TPSA) is 57.6 Å². The van der Waals surface area contributed by atoms with Crippen molar-refractivity contribution in [3.8, 4) is 0 Å². The van der Waals surface area contributed by atoms with Crippen LogP contribution in [0.4, 0.5) is 0 Å². The van der Waals surface area contributed by atoms with Crippen LogP contribution in [0.2, 0.25) is 5.02 Å². The van der Waals surface area contributed by atoms with Crippen LogP contribution in [0.1, 0.15) is 35.7 Å². The van der Waals surface area contributed by atoms with Gasteiger partial charge >= 0.3 is 5.97 Å². The lowest BCUT2D eigenvalue weighted by Crippen LogP contribution is -2.47. The Labute approximate surface area is 123 Å². The average molecular weight is 296 g/mol. The number of aliphatic carboxylic acids is 1. The van der Waals surface area contributed by atoms with Gasteiger partial charge in [0.15, 0.2) is 0 Å². The molecule has 1 amide bonds. The quantitative estimate of drug-likeness (QED) is 0.912. The summed E-state index contributed by atoms with van der Waals surface area (Å²) in [7, 11) is 0. The summed E-state index contributed by atoms with van der Waals surface area (Å²) in [6.07, 6.45) is 1.31. The number of carbonyl (C=O) groups is 2. The zero-order valence-corrected chi connectivity index (χ0v) is 12.4. The minimum atomic E-state index is -0.843. The van der Waals surface area contributed by atoms with E-state index in [0.29, 0.717) is 23.4 Å². The van der Waals surface area contributed by atoms with Crippen molar-refractivity contribution in [3.63, 3.8) is 0 Å². The number of carboxylic acid groups (broad SMARTS) is 1. The number of nitrogens with zero attached hydrogens (tertiary/aromatic N) is 1. The largest absolute Gasteiger partial charge is 0.481 e. The minimum Gasteiger partial charge on any atom is -0.481 e. The Morgan fingerprint density at radius 3 is 2.65 bits per heavy atom. The molecule has 2 rings (SSSR count). The fraction of sp³-hybridized carbons (Fsp3) is 0.467. The highest BCUT2D eigenvalue weighted by Gasteiger charge is 2.33. The number of halogens is 1. The monoisotopic (exact) mass is 295 g/mol. The Hall–Kier alpha value is -1.55. The predicted octanol–water partition coefficient (Wildman–Crippen LogP) is 2.97. The minimum absolute atomic E-state index is 0.0375. The van der Waals surface area contributed by atoms with Gasteiger partial charge in [-0.3, -0.25) is 9.59 Å². The Morgan fingerprint density at radius 1 is 1.35 bits per heavy atom. The van der Waals surface area contributed by atoms with E-state index in [4.69, 9.17) is 16.7 Å². The summed E-state index contributed by atoms with van der Waals surface area (Å²) in [5.41, 5.74) is 1.43. The SMILES string of the molecule is Cc1ccc(C(=O)N2CC(C(=O)O)CCC2C)c(Cl)c1. The highest BCUT2D eigenvalue weighted by atomic mass is 35.5. The second-order valence-electron chi connectivity index (χ2n) is 5.40. The lowest BCUT2D eigenvalue weighted by atomic mass is 9.93. The standard InChI is InChI=1S/C15H18ClNO3/c1-9-3-6-12(13(16)7-9)14(18)17-8-11(15(19)20)5-4-10(17)2/h3,6-7,10-11H,4-5,8H2,1-2H3,(H,19,20). The number of aryl methyl sites for hydroxylation is 1. The number of hydrogen-bond donors (Lipinski definition) is 1. The molecule has 1 aliphatic rings. The molecular formula is C15H18ClNO3. The molecule has 1 fully saturated rings. The molecule has 0 aromatic heterocycles. The number of piperidine rings is 1. The molecule has 0 spiro atoms. The molecule has 2 atom stereocenters. The van der Waals surface area contributed by atoms with E-state index in [2.05, 4.69) is 0 Å². The van der Waals surface area contributed by atoms with Gasteiger partial charge in [-0.05, 0) is 44.4 Å². The van der Waals surface area contributed by atoms with E-state index in [1.807, 2.05) is 19.9 Å². The second-order valence-corrected chi connectivity index (χ2v) is 5.81. The lowest BCUT2D eigenvalue weighted by Gasteiger charge is -2.36. The van der Waals surface area contributed by atoms with E-state index in [0.717, 1.165) is 5.56 Å². The summed E-state index contributed by atoms with van der Waals surface area (Å²) >= 11 is 6.13. The first-order valence-electron chi connectivity index (χ1n) is 6.70. The zero-order chi connectivity index (χ0) is 14.9. The third-order valence-corrected chi connectivity index (χ3v) is 4.16. The maximum Gasteiger partial charge on any atom is 0.308 e. The molecule has 108 valence electrons. The predicted molar refractivity (Wildman–Crippen MR) is 77.0 cm³/mol. The van der Waals surface area contributed by atoms with Gasteiger partial charge in [0.2, 0.25) is 0 Å². The Kier molecular flexibility index (Phi) is 4.33. The average Bonchev–Trinajstić information content (AvgIpc) is 2.38. The Bertz CT molecular complexity index is 544. The van der Waals surface area contributed by atoms with Crippen molar-refractivity contribution in [2.24, 2.45) is 5.92 Å². The summed E-state index contributed by atoms with van der Waals surface area (Å²) in [6, 6.07) is 5.33. The number of rotatable bonds is 2. The van der Waals surface area contributed by atoms with Gasteiger partial charge in [0.1, 0.15) is 0 Å². The molecule has 0 aliphatic carbocycles. The van der Waals surface area contributed by atoms with Crippen LogP contribution >= 0.6 is 11.6 Å². The fourth-order valence-corrected chi connectivity index (χ4v) is 2.86. The molecular weight excluding hydrogens is 278 g/mol. The highest BCUT2D eigenvalue weighted by Crippen LogP contribution is 2.26. The van der Waals surface area contributed by atoms with Crippen molar-refractivity contribution in [1.29, 1.82) is 0 Å². The van der Waals surface area contributed by atoms with Gasteiger partial charge in [-0.25, -0.2) is 0 Å².